The van der Waals surface area contributed by atoms with Gasteiger partial charge in [0, 0.05) is 31.5 Å². The maximum atomic E-state index is 13.7. The van der Waals surface area contributed by atoms with Crippen LogP contribution in [0, 0.1) is 13.8 Å². The zero-order valence-electron chi connectivity index (χ0n) is 20.4. The van der Waals surface area contributed by atoms with Crippen LogP contribution >= 0.6 is 0 Å². The molecule has 2 atom stereocenters. The van der Waals surface area contributed by atoms with Crippen LogP contribution in [0.25, 0.3) is 0 Å². The Labute approximate surface area is 202 Å². The highest BCUT2D eigenvalue weighted by atomic mass is 32.2. The lowest BCUT2D eigenvalue weighted by molar-refractivity contribution is -0.134. The molecule has 0 aliphatic carbocycles. The number of hydrogen-bond acceptors (Lipinski definition) is 6. The van der Waals surface area contributed by atoms with Gasteiger partial charge in [0.1, 0.15) is 11.9 Å². The van der Waals surface area contributed by atoms with Crippen molar-refractivity contribution in [1.29, 1.82) is 0 Å². The van der Waals surface area contributed by atoms with Gasteiger partial charge in [-0.15, -0.1) is 0 Å². The molecule has 0 saturated carbocycles. The molecular weight excluding hydrogens is 454 g/mol. The monoisotopic (exact) mass is 489 g/mol. The van der Waals surface area contributed by atoms with Crippen LogP contribution in [-0.2, 0) is 26.1 Å². The number of rotatable bonds is 10. The number of aromatic nitrogens is 1. The van der Waals surface area contributed by atoms with E-state index in [2.05, 4.69) is 10.3 Å². The van der Waals surface area contributed by atoms with Crippen molar-refractivity contribution in [1.82, 2.24) is 14.6 Å². The lowest BCUT2D eigenvalue weighted by atomic mass is 10.1. The number of hydrogen-bond donors (Lipinski definition) is 1. The van der Waals surface area contributed by atoms with Gasteiger partial charge in [-0.05, 0) is 74.1 Å². The summed E-state index contributed by atoms with van der Waals surface area (Å²) >= 11 is 0. The summed E-state index contributed by atoms with van der Waals surface area (Å²) in [7, 11) is -2.16. The molecule has 1 amide bonds. The third-order valence-electron chi connectivity index (χ3n) is 6.18. The molecule has 2 heterocycles. The van der Waals surface area contributed by atoms with Crippen molar-refractivity contribution < 1.29 is 22.7 Å². The number of carbonyl (C=O) groups is 1. The number of piperidine rings is 1. The molecule has 1 aliphatic rings. The predicted molar refractivity (Wildman–Crippen MR) is 130 cm³/mol. The van der Waals surface area contributed by atoms with Crippen LogP contribution in [-0.4, -0.2) is 56.0 Å². The minimum atomic E-state index is -3.73. The van der Waals surface area contributed by atoms with Gasteiger partial charge in [0.25, 0.3) is 0 Å². The topological polar surface area (TPSA) is 97.8 Å². The number of pyridine rings is 1. The van der Waals surface area contributed by atoms with Crippen molar-refractivity contribution in [2.24, 2.45) is 0 Å². The highest BCUT2D eigenvalue weighted by Crippen LogP contribution is 2.32. The van der Waals surface area contributed by atoms with Gasteiger partial charge in [-0.2, -0.15) is 4.31 Å². The first-order valence-electron chi connectivity index (χ1n) is 11.7. The number of nitrogens with one attached hydrogen (secondary N) is 1. The van der Waals surface area contributed by atoms with Crippen LogP contribution in [0.1, 0.15) is 49.3 Å². The second kappa shape index (κ2) is 11.8. The van der Waals surface area contributed by atoms with Crippen molar-refractivity contribution in [2.45, 2.75) is 70.0 Å². The molecule has 3 rings (SSSR count). The summed E-state index contributed by atoms with van der Waals surface area (Å²) in [5.74, 6) is 0.433. The molecule has 0 spiro atoms. The van der Waals surface area contributed by atoms with Crippen LogP contribution in [0.4, 0.5) is 0 Å². The normalized spacial score (nSPS) is 17.8. The first-order valence-corrected chi connectivity index (χ1v) is 13.2. The SMILES string of the molecule is CCC(OCC1CCCCN1S(=O)(=O)c1c(C)cc(OC)cc1C)C(=O)NCc1ccncc1. The number of aryl methyl sites for hydroxylation is 2. The van der Waals surface area contributed by atoms with E-state index in [0.29, 0.717) is 47.7 Å². The van der Waals surface area contributed by atoms with Crippen LogP contribution in [0.15, 0.2) is 41.6 Å². The second-order valence-corrected chi connectivity index (χ2v) is 10.5. The number of carbonyl (C=O) groups excluding carboxylic acids is 1. The van der Waals surface area contributed by atoms with Crippen molar-refractivity contribution in [2.75, 3.05) is 20.3 Å². The molecule has 0 radical (unpaired) electrons. The summed E-state index contributed by atoms with van der Waals surface area (Å²) in [5.41, 5.74) is 2.26. The minimum absolute atomic E-state index is 0.175. The van der Waals surface area contributed by atoms with E-state index >= 15 is 0 Å². The van der Waals surface area contributed by atoms with Gasteiger partial charge < -0.3 is 14.8 Å². The fourth-order valence-corrected chi connectivity index (χ4v) is 6.51. The van der Waals surface area contributed by atoms with Crippen LogP contribution < -0.4 is 10.1 Å². The summed E-state index contributed by atoms with van der Waals surface area (Å²) in [6, 6.07) is 6.86. The maximum Gasteiger partial charge on any atom is 0.249 e. The predicted octanol–water partition coefficient (Wildman–Crippen LogP) is 3.36. The fourth-order valence-electron chi connectivity index (χ4n) is 4.42. The average molecular weight is 490 g/mol. The van der Waals surface area contributed by atoms with Crippen LogP contribution in [0.3, 0.4) is 0 Å². The molecule has 1 aromatic carbocycles. The number of ether oxygens (including phenoxy) is 2. The number of benzene rings is 1. The second-order valence-electron chi connectivity index (χ2n) is 8.66. The Morgan fingerprint density at radius 2 is 1.88 bits per heavy atom. The van der Waals surface area contributed by atoms with Crippen LogP contribution in [0.5, 0.6) is 5.75 Å². The smallest absolute Gasteiger partial charge is 0.249 e. The molecule has 2 unspecified atom stereocenters. The third-order valence-corrected chi connectivity index (χ3v) is 8.44. The molecule has 1 saturated heterocycles. The summed E-state index contributed by atoms with van der Waals surface area (Å²) in [6.45, 7) is 6.47. The van der Waals surface area contributed by atoms with Gasteiger partial charge in [-0.25, -0.2) is 8.42 Å². The van der Waals surface area contributed by atoms with E-state index in [9.17, 15) is 13.2 Å². The zero-order chi connectivity index (χ0) is 24.7. The van der Waals surface area contributed by atoms with Gasteiger partial charge in [-0.3, -0.25) is 9.78 Å². The molecule has 1 N–H and O–H groups in total. The van der Waals surface area contributed by atoms with Crippen molar-refractivity contribution >= 4 is 15.9 Å². The first-order chi connectivity index (χ1) is 16.3. The third kappa shape index (κ3) is 6.14. The number of methoxy groups -OCH3 is 1. The van der Waals surface area contributed by atoms with E-state index in [1.807, 2.05) is 19.1 Å². The van der Waals surface area contributed by atoms with Crippen molar-refractivity contribution in [3.63, 3.8) is 0 Å². The van der Waals surface area contributed by atoms with E-state index in [1.165, 1.54) is 0 Å². The summed E-state index contributed by atoms with van der Waals surface area (Å²) in [6.07, 6.45) is 5.64. The maximum absolute atomic E-state index is 13.7. The van der Waals surface area contributed by atoms with E-state index in [4.69, 9.17) is 9.47 Å². The van der Waals surface area contributed by atoms with E-state index < -0.39 is 16.1 Å². The summed E-state index contributed by atoms with van der Waals surface area (Å²) < 4.78 is 40.2. The molecule has 1 aromatic heterocycles. The molecule has 1 aliphatic heterocycles. The molecule has 2 aromatic rings. The molecule has 0 bridgehead atoms. The highest BCUT2D eigenvalue weighted by molar-refractivity contribution is 7.89. The van der Waals surface area contributed by atoms with Gasteiger partial charge in [0.2, 0.25) is 15.9 Å². The summed E-state index contributed by atoms with van der Waals surface area (Å²) in [4.78, 5) is 17.0. The Morgan fingerprint density at radius 1 is 1.21 bits per heavy atom. The number of amides is 1. The number of sulfonamides is 1. The summed E-state index contributed by atoms with van der Waals surface area (Å²) in [5, 5.41) is 2.90. The molecule has 34 heavy (non-hydrogen) atoms. The van der Waals surface area contributed by atoms with Gasteiger partial charge in [0.05, 0.1) is 18.6 Å². The quantitative estimate of drug-likeness (QED) is 0.550. The van der Waals surface area contributed by atoms with Crippen molar-refractivity contribution in [3.05, 3.63) is 53.3 Å². The molecule has 1 fully saturated rings. The first kappa shape index (κ1) is 26.1. The van der Waals surface area contributed by atoms with Gasteiger partial charge in [-0.1, -0.05) is 13.3 Å². The molecule has 186 valence electrons. The number of nitrogens with zero attached hydrogens (tertiary/aromatic N) is 2. The minimum Gasteiger partial charge on any atom is -0.497 e. The van der Waals surface area contributed by atoms with E-state index in [0.717, 1.165) is 18.4 Å². The molecule has 9 heteroatoms. The highest BCUT2D eigenvalue weighted by Gasteiger charge is 2.36. The lowest BCUT2D eigenvalue weighted by Crippen LogP contribution is -2.47. The Morgan fingerprint density at radius 3 is 2.50 bits per heavy atom. The van der Waals surface area contributed by atoms with E-state index in [-0.39, 0.29) is 18.6 Å². The van der Waals surface area contributed by atoms with Crippen molar-refractivity contribution in [3.8, 4) is 5.75 Å². The molecule has 8 nitrogen and oxygen atoms in total. The van der Waals surface area contributed by atoms with E-state index in [1.54, 1.807) is 49.8 Å². The zero-order valence-corrected chi connectivity index (χ0v) is 21.2. The Hall–Kier alpha value is -2.49. The van der Waals surface area contributed by atoms with Crippen LogP contribution in [0.2, 0.25) is 0 Å². The largest absolute Gasteiger partial charge is 0.497 e. The molecular formula is C25H35N3O5S. The Kier molecular flexibility index (Phi) is 9.04. The Bertz CT molecular complexity index is 1050. The standard InChI is InChI=1S/C25H35N3O5S/c1-5-23(25(29)27-16-20-9-11-26-12-10-20)33-17-21-8-6-7-13-28(21)34(30,31)24-18(2)14-22(32-4)15-19(24)3/h9-12,14-15,21,23H,5-8,13,16-17H2,1-4H3,(H,27,29). The average Bonchev–Trinajstić information content (AvgIpc) is 2.83. The van der Waals surface area contributed by atoms with Gasteiger partial charge in [0.15, 0.2) is 0 Å². The van der Waals surface area contributed by atoms with Gasteiger partial charge >= 0.3 is 0 Å². The lowest BCUT2D eigenvalue weighted by Gasteiger charge is -2.35. The Balaban J connectivity index is 1.70. The fraction of sp³-hybridized carbons (Fsp3) is 0.520.